The molecule has 2 aliphatic rings. The zero-order valence-electron chi connectivity index (χ0n) is 16.6. The van der Waals surface area contributed by atoms with Crippen LogP contribution in [-0.2, 0) is 9.53 Å². The summed E-state index contributed by atoms with van der Waals surface area (Å²) >= 11 is 0. The van der Waals surface area contributed by atoms with E-state index in [1.54, 1.807) is 0 Å². The van der Waals surface area contributed by atoms with E-state index in [9.17, 15) is 9.59 Å². The lowest BCUT2D eigenvalue weighted by Crippen LogP contribution is -2.44. The fourth-order valence-electron chi connectivity index (χ4n) is 3.88. The van der Waals surface area contributed by atoms with Crippen molar-refractivity contribution < 1.29 is 14.3 Å². The second kappa shape index (κ2) is 9.75. The molecule has 4 atom stereocenters. The molecule has 3 unspecified atom stereocenters. The molecular weight excluding hydrogens is 326 g/mol. The minimum Gasteiger partial charge on any atom is -0.447 e. The molecule has 1 aliphatic heterocycles. The van der Waals surface area contributed by atoms with Gasteiger partial charge in [-0.15, -0.1) is 0 Å². The Labute approximate surface area is 158 Å². The smallest absolute Gasteiger partial charge is 0.416 e. The van der Waals surface area contributed by atoms with Crippen LogP contribution in [0.4, 0.5) is 4.79 Å². The standard InChI is InChI=1S/C22H33NO3/c1-5-16(3)13-17(4)20(6-2)21(24)23-19(15-26-22(23)25)14-18-11-9-7-8-10-12-18/h7,9-12,16-17,19-20H,5-6,8,13-15H2,1-4H3/t16?,17?,19?,20-/m1/s1. The summed E-state index contributed by atoms with van der Waals surface area (Å²) in [5, 5.41) is 0. The Morgan fingerprint density at radius 3 is 2.73 bits per heavy atom. The summed E-state index contributed by atoms with van der Waals surface area (Å²) < 4.78 is 5.25. The van der Waals surface area contributed by atoms with Gasteiger partial charge in [-0.1, -0.05) is 64.5 Å². The number of ether oxygens (including phenoxy) is 1. The molecule has 0 aromatic carbocycles. The molecule has 0 bridgehead atoms. The van der Waals surface area contributed by atoms with E-state index < -0.39 is 6.09 Å². The second-order valence-corrected chi connectivity index (χ2v) is 7.69. The number of hydrogen-bond acceptors (Lipinski definition) is 3. The van der Waals surface area contributed by atoms with Crippen molar-refractivity contribution in [3.63, 3.8) is 0 Å². The van der Waals surface area contributed by atoms with Gasteiger partial charge in [0, 0.05) is 5.92 Å². The Morgan fingerprint density at radius 2 is 2.04 bits per heavy atom. The number of imide groups is 1. The van der Waals surface area contributed by atoms with E-state index in [0.717, 1.165) is 31.3 Å². The van der Waals surface area contributed by atoms with Crippen molar-refractivity contribution in [1.82, 2.24) is 4.90 Å². The summed E-state index contributed by atoms with van der Waals surface area (Å²) in [7, 11) is 0. The van der Waals surface area contributed by atoms with E-state index >= 15 is 0 Å². The van der Waals surface area contributed by atoms with Gasteiger partial charge in [-0.25, -0.2) is 9.69 Å². The topological polar surface area (TPSA) is 46.6 Å². The SMILES string of the molecule is CCC(C)CC(C)[C@@H](CC)C(=O)N1C(=O)OCC1CC1=CC=CCC=C1. The molecule has 4 heteroatoms. The van der Waals surface area contributed by atoms with E-state index in [1.807, 2.05) is 13.0 Å². The molecule has 2 rings (SSSR count). The lowest BCUT2D eigenvalue weighted by Gasteiger charge is -2.29. The van der Waals surface area contributed by atoms with Gasteiger partial charge in [0.1, 0.15) is 6.61 Å². The van der Waals surface area contributed by atoms with Crippen molar-refractivity contribution in [3.05, 3.63) is 36.0 Å². The van der Waals surface area contributed by atoms with Gasteiger partial charge in [0.25, 0.3) is 0 Å². The van der Waals surface area contributed by atoms with Crippen LogP contribution in [0.1, 0.15) is 59.8 Å². The fraction of sp³-hybridized carbons (Fsp3) is 0.636. The zero-order chi connectivity index (χ0) is 19.1. The van der Waals surface area contributed by atoms with Crippen LogP contribution >= 0.6 is 0 Å². The summed E-state index contributed by atoms with van der Waals surface area (Å²) in [5.41, 5.74) is 1.13. The maximum atomic E-state index is 13.2. The van der Waals surface area contributed by atoms with Gasteiger partial charge in [-0.2, -0.15) is 0 Å². The van der Waals surface area contributed by atoms with Crippen molar-refractivity contribution in [2.75, 3.05) is 6.61 Å². The van der Waals surface area contributed by atoms with Gasteiger partial charge in [0.2, 0.25) is 5.91 Å². The minimum absolute atomic E-state index is 0.0652. The first kappa shape index (κ1) is 20.5. The molecule has 0 radical (unpaired) electrons. The molecule has 0 spiro atoms. The highest BCUT2D eigenvalue weighted by Crippen LogP contribution is 2.30. The largest absolute Gasteiger partial charge is 0.447 e. The second-order valence-electron chi connectivity index (χ2n) is 7.69. The van der Waals surface area contributed by atoms with Crippen molar-refractivity contribution in [2.24, 2.45) is 17.8 Å². The van der Waals surface area contributed by atoms with Crippen molar-refractivity contribution >= 4 is 12.0 Å². The van der Waals surface area contributed by atoms with Gasteiger partial charge in [0.05, 0.1) is 6.04 Å². The van der Waals surface area contributed by atoms with Crippen LogP contribution < -0.4 is 0 Å². The number of amides is 2. The number of allylic oxidation sites excluding steroid dienone is 5. The lowest BCUT2D eigenvalue weighted by atomic mass is 9.83. The Bertz CT molecular complexity index is 590. The summed E-state index contributed by atoms with van der Waals surface area (Å²) in [5.74, 6) is 0.651. The third-order valence-corrected chi connectivity index (χ3v) is 5.64. The van der Waals surface area contributed by atoms with Crippen LogP contribution in [0, 0.1) is 17.8 Å². The summed E-state index contributed by atoms with van der Waals surface area (Å²) in [4.78, 5) is 26.9. The third kappa shape index (κ3) is 5.09. The summed E-state index contributed by atoms with van der Waals surface area (Å²) in [6.45, 7) is 8.86. The fourth-order valence-corrected chi connectivity index (χ4v) is 3.88. The number of cyclic esters (lactones) is 1. The van der Waals surface area contributed by atoms with E-state index in [-0.39, 0.29) is 30.4 Å². The van der Waals surface area contributed by atoms with E-state index in [0.29, 0.717) is 12.3 Å². The molecule has 144 valence electrons. The number of nitrogens with zero attached hydrogens (tertiary/aromatic N) is 1. The predicted octanol–water partition coefficient (Wildman–Crippen LogP) is 5.26. The van der Waals surface area contributed by atoms with Crippen LogP contribution in [0.3, 0.4) is 0 Å². The highest BCUT2D eigenvalue weighted by molar-refractivity contribution is 5.95. The molecule has 2 amide bonds. The van der Waals surface area contributed by atoms with Crippen LogP contribution in [0.15, 0.2) is 36.0 Å². The molecule has 0 saturated carbocycles. The first-order valence-corrected chi connectivity index (χ1v) is 9.99. The number of rotatable bonds is 8. The van der Waals surface area contributed by atoms with Crippen molar-refractivity contribution in [1.29, 1.82) is 0 Å². The van der Waals surface area contributed by atoms with Gasteiger partial charge in [0.15, 0.2) is 0 Å². The van der Waals surface area contributed by atoms with Crippen LogP contribution in [-0.4, -0.2) is 29.5 Å². The minimum atomic E-state index is -0.483. The van der Waals surface area contributed by atoms with E-state index in [4.69, 9.17) is 4.74 Å². The molecule has 0 aromatic heterocycles. The highest BCUT2D eigenvalue weighted by atomic mass is 16.6. The van der Waals surface area contributed by atoms with Gasteiger partial charge in [-0.05, 0) is 43.1 Å². The molecule has 4 nitrogen and oxygen atoms in total. The van der Waals surface area contributed by atoms with E-state index in [2.05, 4.69) is 45.1 Å². The Kier molecular flexibility index (Phi) is 7.67. The highest BCUT2D eigenvalue weighted by Gasteiger charge is 2.41. The summed E-state index contributed by atoms with van der Waals surface area (Å²) in [6, 6.07) is -0.206. The van der Waals surface area contributed by atoms with Crippen molar-refractivity contribution in [2.45, 2.75) is 65.8 Å². The Balaban J connectivity index is 2.11. The average Bonchev–Trinajstić information content (AvgIpc) is 2.81. The van der Waals surface area contributed by atoms with Gasteiger partial charge >= 0.3 is 6.09 Å². The van der Waals surface area contributed by atoms with Gasteiger partial charge in [-0.3, -0.25) is 4.79 Å². The molecular formula is C22H33NO3. The van der Waals surface area contributed by atoms with Crippen LogP contribution in [0.2, 0.25) is 0 Å². The maximum absolute atomic E-state index is 13.2. The number of hydrogen-bond donors (Lipinski definition) is 0. The van der Waals surface area contributed by atoms with Gasteiger partial charge < -0.3 is 4.74 Å². The molecule has 0 N–H and O–H groups in total. The quantitative estimate of drug-likeness (QED) is 0.593. The Hall–Kier alpha value is -1.84. The molecule has 1 saturated heterocycles. The molecule has 1 heterocycles. The first-order chi connectivity index (χ1) is 12.5. The summed E-state index contributed by atoms with van der Waals surface area (Å²) in [6.07, 6.45) is 14.3. The van der Waals surface area contributed by atoms with Crippen molar-refractivity contribution in [3.8, 4) is 0 Å². The third-order valence-electron chi connectivity index (χ3n) is 5.64. The lowest BCUT2D eigenvalue weighted by molar-refractivity contribution is -0.135. The average molecular weight is 360 g/mol. The first-order valence-electron chi connectivity index (χ1n) is 9.99. The molecule has 1 fully saturated rings. The monoisotopic (exact) mass is 359 g/mol. The molecule has 0 aromatic rings. The van der Waals surface area contributed by atoms with Crippen LogP contribution in [0.25, 0.3) is 0 Å². The maximum Gasteiger partial charge on any atom is 0.416 e. The molecule has 1 aliphatic carbocycles. The van der Waals surface area contributed by atoms with Crippen LogP contribution in [0.5, 0.6) is 0 Å². The molecule has 26 heavy (non-hydrogen) atoms. The predicted molar refractivity (Wildman–Crippen MR) is 105 cm³/mol. The number of carbonyl (C=O) groups excluding carboxylic acids is 2. The Morgan fingerprint density at radius 1 is 1.27 bits per heavy atom. The number of carbonyl (C=O) groups is 2. The zero-order valence-corrected chi connectivity index (χ0v) is 16.6. The normalized spacial score (nSPS) is 23.2. The van der Waals surface area contributed by atoms with E-state index in [1.165, 1.54) is 4.90 Å².